The zero-order valence-corrected chi connectivity index (χ0v) is 16.7. The van der Waals surface area contributed by atoms with Gasteiger partial charge in [-0.3, -0.25) is 14.2 Å². The van der Waals surface area contributed by atoms with Crippen LogP contribution in [-0.4, -0.2) is 17.0 Å². The molecule has 5 heteroatoms. The molecule has 1 aromatic heterocycles. The Morgan fingerprint density at radius 3 is 2.65 bits per heavy atom. The predicted molar refractivity (Wildman–Crippen MR) is 111 cm³/mol. The highest BCUT2D eigenvalue weighted by Crippen LogP contribution is 2.16. The first-order chi connectivity index (χ1) is 12.6. The van der Waals surface area contributed by atoms with Crippen molar-refractivity contribution in [2.75, 3.05) is 6.54 Å². The summed E-state index contributed by atoms with van der Waals surface area (Å²) in [6.45, 7) is 2.79. The minimum Gasteiger partial charge on any atom is -0.351 e. The molecule has 1 amide bonds. The van der Waals surface area contributed by atoms with E-state index in [4.69, 9.17) is 0 Å². The molecule has 0 saturated carbocycles. The van der Waals surface area contributed by atoms with Crippen molar-refractivity contribution < 1.29 is 4.79 Å². The summed E-state index contributed by atoms with van der Waals surface area (Å²) in [6, 6.07) is 12.5. The lowest BCUT2D eigenvalue weighted by Gasteiger charge is -2.12. The molecule has 138 valence electrons. The highest BCUT2D eigenvalue weighted by molar-refractivity contribution is 9.10. The van der Waals surface area contributed by atoms with E-state index in [2.05, 4.69) is 28.2 Å². The Labute approximate surface area is 163 Å². The molecule has 0 fully saturated rings. The maximum Gasteiger partial charge on any atom is 0.268 e. The predicted octanol–water partition coefficient (Wildman–Crippen LogP) is 4.70. The van der Waals surface area contributed by atoms with Crippen LogP contribution in [0.25, 0.3) is 11.8 Å². The van der Waals surface area contributed by atoms with Crippen LogP contribution in [0.2, 0.25) is 0 Å². The van der Waals surface area contributed by atoms with Gasteiger partial charge in [0.25, 0.3) is 11.5 Å². The maximum atomic E-state index is 12.7. The standard InChI is InChI=1S/C21H25BrN2O2/c1-2-3-4-5-7-13-23-21(26)19(24-14-8-6-12-20(24)25)16-17-10-9-11-18(22)15-17/h6,8-12,14-16H,2-5,7,13H2,1H3,(H,23,26)/b19-16+. The smallest absolute Gasteiger partial charge is 0.268 e. The molecular formula is C21H25BrN2O2. The molecule has 0 bridgehead atoms. The molecule has 2 rings (SSSR count). The number of hydrogen-bond acceptors (Lipinski definition) is 2. The van der Waals surface area contributed by atoms with Crippen LogP contribution in [0.5, 0.6) is 0 Å². The number of pyridine rings is 1. The summed E-state index contributed by atoms with van der Waals surface area (Å²) in [5.41, 5.74) is 0.942. The van der Waals surface area contributed by atoms with E-state index in [-0.39, 0.29) is 11.5 Å². The Kier molecular flexibility index (Phi) is 8.35. The number of benzene rings is 1. The van der Waals surface area contributed by atoms with E-state index < -0.39 is 0 Å². The van der Waals surface area contributed by atoms with Crippen LogP contribution >= 0.6 is 15.9 Å². The van der Waals surface area contributed by atoms with Gasteiger partial charge in [-0.25, -0.2) is 0 Å². The van der Waals surface area contributed by atoms with Crippen LogP contribution in [0.4, 0.5) is 0 Å². The number of halogens is 1. The Balaban J connectivity index is 2.17. The van der Waals surface area contributed by atoms with Gasteiger partial charge in [0.1, 0.15) is 5.70 Å². The van der Waals surface area contributed by atoms with Crippen LogP contribution < -0.4 is 10.9 Å². The molecule has 0 aliphatic rings. The molecule has 1 N–H and O–H groups in total. The molecule has 0 aliphatic heterocycles. The third-order valence-electron chi connectivity index (χ3n) is 4.03. The first kappa shape index (κ1) is 20.2. The summed E-state index contributed by atoms with van der Waals surface area (Å²) >= 11 is 3.43. The first-order valence-corrected chi connectivity index (χ1v) is 9.84. The van der Waals surface area contributed by atoms with Gasteiger partial charge in [-0.05, 0) is 36.3 Å². The molecule has 1 aromatic carbocycles. The number of carbonyl (C=O) groups is 1. The lowest BCUT2D eigenvalue weighted by atomic mass is 10.1. The molecule has 0 aliphatic carbocycles. The zero-order valence-electron chi connectivity index (χ0n) is 15.1. The average Bonchev–Trinajstić information content (AvgIpc) is 2.63. The van der Waals surface area contributed by atoms with Gasteiger partial charge in [0.2, 0.25) is 0 Å². The fraction of sp³-hybridized carbons (Fsp3) is 0.333. The Hall–Kier alpha value is -2.14. The van der Waals surface area contributed by atoms with Gasteiger partial charge >= 0.3 is 0 Å². The SMILES string of the molecule is CCCCCCCNC(=O)/C(=C\c1cccc(Br)c1)n1ccccc1=O. The number of nitrogens with zero attached hydrogens (tertiary/aromatic N) is 1. The third kappa shape index (κ3) is 6.30. The van der Waals surface area contributed by atoms with Gasteiger partial charge in [0.15, 0.2) is 0 Å². The number of carbonyl (C=O) groups excluding carboxylic acids is 1. The zero-order chi connectivity index (χ0) is 18.8. The van der Waals surface area contributed by atoms with Gasteiger partial charge in [-0.15, -0.1) is 0 Å². The van der Waals surface area contributed by atoms with Crippen molar-refractivity contribution >= 4 is 33.6 Å². The number of hydrogen-bond donors (Lipinski definition) is 1. The summed E-state index contributed by atoms with van der Waals surface area (Å²) in [4.78, 5) is 24.9. The van der Waals surface area contributed by atoms with Gasteiger partial charge in [0, 0.05) is 23.3 Å². The highest BCUT2D eigenvalue weighted by atomic mass is 79.9. The van der Waals surface area contributed by atoms with E-state index in [0.29, 0.717) is 12.2 Å². The third-order valence-corrected chi connectivity index (χ3v) is 4.53. The second-order valence-corrected chi connectivity index (χ2v) is 7.08. The Morgan fingerprint density at radius 1 is 1.12 bits per heavy atom. The summed E-state index contributed by atoms with van der Waals surface area (Å²) in [5, 5.41) is 2.94. The minimum atomic E-state index is -0.242. The number of unbranched alkanes of at least 4 members (excludes halogenated alkanes) is 4. The second kappa shape index (κ2) is 10.8. The Bertz CT molecular complexity index is 811. The molecule has 0 radical (unpaired) electrons. The first-order valence-electron chi connectivity index (χ1n) is 9.05. The van der Waals surface area contributed by atoms with E-state index in [1.165, 1.54) is 29.9 Å². The van der Waals surface area contributed by atoms with E-state index in [0.717, 1.165) is 22.9 Å². The van der Waals surface area contributed by atoms with Crippen molar-refractivity contribution in [3.63, 3.8) is 0 Å². The topological polar surface area (TPSA) is 51.1 Å². The second-order valence-electron chi connectivity index (χ2n) is 6.16. The summed E-state index contributed by atoms with van der Waals surface area (Å²) in [5.74, 6) is -0.242. The number of nitrogens with one attached hydrogen (secondary N) is 1. The fourth-order valence-corrected chi connectivity index (χ4v) is 3.06. The molecule has 2 aromatic rings. The Morgan fingerprint density at radius 2 is 1.92 bits per heavy atom. The lowest BCUT2D eigenvalue weighted by Crippen LogP contribution is -2.31. The molecular weight excluding hydrogens is 392 g/mol. The molecule has 0 atom stereocenters. The average molecular weight is 417 g/mol. The van der Waals surface area contributed by atoms with Crippen LogP contribution in [0.15, 0.2) is 57.9 Å². The number of aromatic nitrogens is 1. The normalized spacial score (nSPS) is 11.4. The van der Waals surface area contributed by atoms with Crippen molar-refractivity contribution in [1.82, 2.24) is 9.88 Å². The largest absolute Gasteiger partial charge is 0.351 e. The van der Waals surface area contributed by atoms with Crippen molar-refractivity contribution in [3.8, 4) is 0 Å². The molecule has 0 saturated heterocycles. The van der Waals surface area contributed by atoms with Crippen molar-refractivity contribution in [2.24, 2.45) is 0 Å². The van der Waals surface area contributed by atoms with Crippen molar-refractivity contribution in [2.45, 2.75) is 39.0 Å². The molecule has 26 heavy (non-hydrogen) atoms. The number of amides is 1. The van der Waals surface area contributed by atoms with Gasteiger partial charge < -0.3 is 5.32 Å². The number of rotatable bonds is 9. The quantitative estimate of drug-likeness (QED) is 0.475. The van der Waals surface area contributed by atoms with E-state index in [9.17, 15) is 9.59 Å². The van der Waals surface area contributed by atoms with Crippen molar-refractivity contribution in [1.29, 1.82) is 0 Å². The van der Waals surface area contributed by atoms with Crippen LogP contribution in [-0.2, 0) is 4.79 Å². The van der Waals surface area contributed by atoms with Crippen molar-refractivity contribution in [3.05, 3.63) is 69.1 Å². The molecule has 4 nitrogen and oxygen atoms in total. The van der Waals surface area contributed by atoms with Gasteiger partial charge in [0.05, 0.1) is 0 Å². The van der Waals surface area contributed by atoms with Crippen LogP contribution in [0.3, 0.4) is 0 Å². The fourth-order valence-electron chi connectivity index (χ4n) is 2.65. The van der Waals surface area contributed by atoms with E-state index in [1.54, 1.807) is 24.4 Å². The summed E-state index contributed by atoms with van der Waals surface area (Å²) in [6.07, 6.45) is 9.00. The molecule has 1 heterocycles. The van der Waals surface area contributed by atoms with E-state index in [1.807, 2.05) is 24.3 Å². The maximum absolute atomic E-state index is 12.7. The minimum absolute atomic E-state index is 0.230. The van der Waals surface area contributed by atoms with E-state index >= 15 is 0 Å². The monoisotopic (exact) mass is 416 g/mol. The molecule has 0 spiro atoms. The van der Waals surface area contributed by atoms with Crippen LogP contribution in [0, 0.1) is 0 Å². The molecule has 0 unspecified atom stereocenters. The van der Waals surface area contributed by atoms with Gasteiger partial charge in [-0.1, -0.05) is 66.7 Å². The summed E-state index contributed by atoms with van der Waals surface area (Å²) < 4.78 is 2.30. The van der Waals surface area contributed by atoms with Crippen LogP contribution in [0.1, 0.15) is 44.6 Å². The summed E-state index contributed by atoms with van der Waals surface area (Å²) in [7, 11) is 0. The highest BCUT2D eigenvalue weighted by Gasteiger charge is 2.12. The lowest BCUT2D eigenvalue weighted by molar-refractivity contribution is -0.115. The van der Waals surface area contributed by atoms with Gasteiger partial charge in [-0.2, -0.15) is 0 Å².